The van der Waals surface area contributed by atoms with Crippen molar-refractivity contribution < 1.29 is 4.79 Å². The molecule has 1 N–H and O–H groups in total. The average Bonchev–Trinajstić information content (AvgIpc) is 3.19. The van der Waals surface area contributed by atoms with Gasteiger partial charge in [-0.15, -0.1) is 0 Å². The largest absolute Gasteiger partial charge is 0.372 e. The van der Waals surface area contributed by atoms with Gasteiger partial charge in [0, 0.05) is 43.1 Å². The van der Waals surface area contributed by atoms with E-state index in [1.54, 1.807) is 41.6 Å². The van der Waals surface area contributed by atoms with Crippen LogP contribution < -0.4 is 10.2 Å². The molecule has 25 heavy (non-hydrogen) atoms. The number of nitrogens with one attached hydrogen (secondary N) is 1. The predicted molar refractivity (Wildman–Crippen MR) is 99.3 cm³/mol. The molecule has 2 aromatic heterocycles. The zero-order valence-electron chi connectivity index (χ0n) is 14.4. The topological polar surface area (TPSA) is 63.1 Å². The molecule has 6 heteroatoms. The van der Waals surface area contributed by atoms with E-state index in [1.807, 2.05) is 24.3 Å². The quantitative estimate of drug-likeness (QED) is 0.750. The third kappa shape index (κ3) is 3.85. The van der Waals surface area contributed by atoms with Crippen molar-refractivity contribution in [3.05, 3.63) is 66.9 Å². The van der Waals surface area contributed by atoms with Gasteiger partial charge in [-0.3, -0.25) is 9.36 Å². The van der Waals surface area contributed by atoms with Crippen LogP contribution in [0.2, 0.25) is 0 Å². The molecular weight excluding hydrogens is 314 g/mol. The number of benzene rings is 1. The molecule has 1 aromatic carbocycles. The van der Waals surface area contributed by atoms with Gasteiger partial charge in [0.2, 0.25) is 0 Å². The Morgan fingerprint density at radius 1 is 1.12 bits per heavy atom. The van der Waals surface area contributed by atoms with E-state index in [0.717, 1.165) is 30.3 Å². The first-order valence-corrected chi connectivity index (χ1v) is 8.32. The Hall–Kier alpha value is -3.15. The van der Waals surface area contributed by atoms with E-state index in [-0.39, 0.29) is 5.91 Å². The maximum absolute atomic E-state index is 12.4. The number of hydrogen-bond acceptors (Lipinski definition) is 4. The Kier molecular flexibility index (Phi) is 5.09. The molecule has 0 unspecified atom stereocenters. The number of anilines is 2. The average molecular weight is 335 g/mol. The van der Waals surface area contributed by atoms with Crippen molar-refractivity contribution in [2.75, 3.05) is 23.3 Å². The van der Waals surface area contributed by atoms with Crippen LogP contribution >= 0.6 is 0 Å². The molecule has 1 amide bonds. The Morgan fingerprint density at radius 2 is 1.88 bits per heavy atom. The smallest absolute Gasteiger partial charge is 0.257 e. The second kappa shape index (κ2) is 7.61. The van der Waals surface area contributed by atoms with Crippen LogP contribution in [-0.2, 0) is 0 Å². The zero-order valence-corrected chi connectivity index (χ0v) is 14.4. The Balaban J connectivity index is 1.67. The first kappa shape index (κ1) is 16.7. The predicted octanol–water partition coefficient (Wildman–Crippen LogP) is 3.37. The minimum Gasteiger partial charge on any atom is -0.372 e. The summed E-state index contributed by atoms with van der Waals surface area (Å²) < 4.78 is 1.79. The molecule has 3 aromatic rings. The SMILES string of the molecule is CCN(CC)c1ccc(NC(=O)c2ccc(-n3ccnc3)nc2)cc1. The molecule has 0 saturated heterocycles. The lowest BCUT2D eigenvalue weighted by atomic mass is 10.2. The van der Waals surface area contributed by atoms with Crippen molar-refractivity contribution in [3.8, 4) is 5.82 Å². The van der Waals surface area contributed by atoms with Gasteiger partial charge >= 0.3 is 0 Å². The van der Waals surface area contributed by atoms with Crippen molar-refractivity contribution in [3.63, 3.8) is 0 Å². The molecule has 0 fully saturated rings. The van der Waals surface area contributed by atoms with E-state index in [0.29, 0.717) is 5.56 Å². The van der Waals surface area contributed by atoms with Gasteiger partial charge < -0.3 is 10.2 Å². The van der Waals surface area contributed by atoms with E-state index >= 15 is 0 Å². The van der Waals surface area contributed by atoms with E-state index < -0.39 is 0 Å². The van der Waals surface area contributed by atoms with Crippen LogP contribution in [0.3, 0.4) is 0 Å². The molecule has 0 saturated carbocycles. The van der Waals surface area contributed by atoms with Gasteiger partial charge in [0.15, 0.2) is 0 Å². The first-order chi connectivity index (χ1) is 12.2. The standard InChI is InChI=1S/C19H21N5O/c1-3-23(4-2)17-8-6-16(7-9-17)22-19(25)15-5-10-18(21-13-15)24-12-11-20-14-24/h5-14H,3-4H2,1-2H3,(H,22,25). The summed E-state index contributed by atoms with van der Waals surface area (Å²) in [4.78, 5) is 22.9. The molecule has 0 spiro atoms. The third-order valence-electron chi connectivity index (χ3n) is 4.03. The zero-order chi connectivity index (χ0) is 17.6. The molecule has 0 atom stereocenters. The van der Waals surface area contributed by atoms with Crippen LogP contribution in [0.25, 0.3) is 5.82 Å². The number of aromatic nitrogens is 3. The van der Waals surface area contributed by atoms with Crippen molar-refractivity contribution in [1.29, 1.82) is 0 Å². The van der Waals surface area contributed by atoms with Crippen molar-refractivity contribution in [1.82, 2.24) is 14.5 Å². The van der Waals surface area contributed by atoms with Gasteiger partial charge in [0.05, 0.1) is 5.56 Å². The number of nitrogens with zero attached hydrogens (tertiary/aromatic N) is 4. The molecule has 0 aliphatic rings. The summed E-state index contributed by atoms with van der Waals surface area (Å²) in [6.45, 7) is 6.16. The Morgan fingerprint density at radius 3 is 2.44 bits per heavy atom. The Labute approximate surface area is 147 Å². The second-order valence-electron chi connectivity index (χ2n) is 5.55. The Bertz CT molecular complexity index is 806. The lowest BCUT2D eigenvalue weighted by Crippen LogP contribution is -2.21. The minimum absolute atomic E-state index is 0.180. The molecule has 6 nitrogen and oxygen atoms in total. The highest BCUT2D eigenvalue weighted by Crippen LogP contribution is 2.18. The summed E-state index contributed by atoms with van der Waals surface area (Å²) in [7, 11) is 0. The minimum atomic E-state index is -0.180. The van der Waals surface area contributed by atoms with Crippen LogP contribution in [-0.4, -0.2) is 33.5 Å². The summed E-state index contributed by atoms with van der Waals surface area (Å²) in [6.07, 6.45) is 6.72. The number of amides is 1. The number of carbonyl (C=O) groups excluding carboxylic acids is 1. The summed E-state index contributed by atoms with van der Waals surface area (Å²) in [5, 5.41) is 2.90. The van der Waals surface area contributed by atoms with Gasteiger partial charge in [-0.25, -0.2) is 9.97 Å². The summed E-state index contributed by atoms with van der Waals surface area (Å²) in [5.74, 6) is 0.540. The summed E-state index contributed by atoms with van der Waals surface area (Å²) >= 11 is 0. The van der Waals surface area contributed by atoms with Gasteiger partial charge in [0.1, 0.15) is 12.1 Å². The molecule has 0 aliphatic carbocycles. The molecule has 0 bridgehead atoms. The lowest BCUT2D eigenvalue weighted by molar-refractivity contribution is 0.102. The number of pyridine rings is 1. The fourth-order valence-corrected chi connectivity index (χ4v) is 2.62. The van der Waals surface area contributed by atoms with Crippen molar-refractivity contribution in [2.45, 2.75) is 13.8 Å². The number of carbonyl (C=O) groups is 1. The molecule has 0 aliphatic heterocycles. The number of imidazole rings is 1. The van der Waals surface area contributed by atoms with Crippen LogP contribution in [0.5, 0.6) is 0 Å². The van der Waals surface area contributed by atoms with Gasteiger partial charge in [-0.2, -0.15) is 0 Å². The first-order valence-electron chi connectivity index (χ1n) is 8.32. The van der Waals surface area contributed by atoms with Gasteiger partial charge in [-0.1, -0.05) is 0 Å². The molecule has 0 radical (unpaired) electrons. The van der Waals surface area contributed by atoms with Gasteiger partial charge in [-0.05, 0) is 50.2 Å². The molecule has 3 rings (SSSR count). The summed E-state index contributed by atoms with van der Waals surface area (Å²) in [5.41, 5.74) is 2.42. The maximum Gasteiger partial charge on any atom is 0.257 e. The number of rotatable bonds is 6. The van der Waals surface area contributed by atoms with Crippen LogP contribution in [0.4, 0.5) is 11.4 Å². The van der Waals surface area contributed by atoms with E-state index in [1.165, 1.54) is 0 Å². The fourth-order valence-electron chi connectivity index (χ4n) is 2.62. The van der Waals surface area contributed by atoms with Gasteiger partial charge in [0.25, 0.3) is 5.91 Å². The third-order valence-corrected chi connectivity index (χ3v) is 4.03. The lowest BCUT2D eigenvalue weighted by Gasteiger charge is -2.21. The number of hydrogen-bond donors (Lipinski definition) is 1. The second-order valence-corrected chi connectivity index (χ2v) is 5.55. The summed E-state index contributed by atoms with van der Waals surface area (Å²) in [6, 6.07) is 11.4. The highest BCUT2D eigenvalue weighted by Gasteiger charge is 2.08. The van der Waals surface area contributed by atoms with Crippen LogP contribution in [0.1, 0.15) is 24.2 Å². The molecular formula is C19H21N5O. The highest BCUT2D eigenvalue weighted by atomic mass is 16.1. The fraction of sp³-hybridized carbons (Fsp3) is 0.211. The van der Waals surface area contributed by atoms with Crippen LogP contribution in [0.15, 0.2) is 61.3 Å². The molecule has 128 valence electrons. The maximum atomic E-state index is 12.4. The van der Waals surface area contributed by atoms with Crippen LogP contribution in [0, 0.1) is 0 Å². The highest BCUT2D eigenvalue weighted by molar-refractivity contribution is 6.04. The molecule has 2 heterocycles. The van der Waals surface area contributed by atoms with Crippen molar-refractivity contribution in [2.24, 2.45) is 0 Å². The van der Waals surface area contributed by atoms with E-state index in [4.69, 9.17) is 0 Å². The van der Waals surface area contributed by atoms with Crippen molar-refractivity contribution >= 4 is 17.3 Å². The van der Waals surface area contributed by atoms with E-state index in [9.17, 15) is 4.79 Å². The van der Waals surface area contributed by atoms with E-state index in [2.05, 4.69) is 34.0 Å². The monoisotopic (exact) mass is 335 g/mol. The normalized spacial score (nSPS) is 10.5.